The van der Waals surface area contributed by atoms with E-state index >= 15 is 0 Å². The van der Waals surface area contributed by atoms with Gasteiger partial charge in [0.1, 0.15) is 0 Å². The average molecular weight is 343 g/mol. The maximum Gasteiger partial charge on any atom is 0.416 e. The maximum absolute atomic E-state index is 12.5. The summed E-state index contributed by atoms with van der Waals surface area (Å²) in [5.74, 6) is 0. The van der Waals surface area contributed by atoms with E-state index in [-0.39, 0.29) is 17.9 Å². The Hall–Kier alpha value is -1.86. The van der Waals surface area contributed by atoms with Crippen LogP contribution in [0.25, 0.3) is 0 Å². The Bertz CT molecular complexity index is 741. The standard InChI is InChI=1S/C16H16F3NO2S/c17-16(18,19)13-8-6-12(7-9-13)10-15(11-20)23(21,22)14-4-2-1-3-5-14/h1-9,15H,10-11,20H2. The third kappa shape index (κ3) is 4.11. The summed E-state index contributed by atoms with van der Waals surface area (Å²) in [6, 6.07) is 12.3. The van der Waals surface area contributed by atoms with Crippen molar-refractivity contribution < 1.29 is 21.6 Å². The molecule has 2 aromatic rings. The lowest BCUT2D eigenvalue weighted by molar-refractivity contribution is -0.137. The molecule has 124 valence electrons. The van der Waals surface area contributed by atoms with Crippen molar-refractivity contribution in [3.63, 3.8) is 0 Å². The summed E-state index contributed by atoms with van der Waals surface area (Å²) in [5, 5.41) is -0.887. The Morgan fingerprint density at radius 3 is 2.00 bits per heavy atom. The van der Waals surface area contributed by atoms with Crippen LogP contribution in [-0.4, -0.2) is 20.2 Å². The van der Waals surface area contributed by atoms with E-state index in [1.807, 2.05) is 0 Å². The van der Waals surface area contributed by atoms with Gasteiger partial charge >= 0.3 is 6.18 Å². The van der Waals surface area contributed by atoms with Gasteiger partial charge in [0.2, 0.25) is 0 Å². The topological polar surface area (TPSA) is 60.2 Å². The van der Waals surface area contributed by atoms with Gasteiger partial charge in [0.15, 0.2) is 9.84 Å². The van der Waals surface area contributed by atoms with Gasteiger partial charge in [-0.25, -0.2) is 8.42 Å². The first-order valence-corrected chi connectivity index (χ1v) is 8.45. The predicted molar refractivity (Wildman–Crippen MR) is 81.6 cm³/mol. The van der Waals surface area contributed by atoms with Crippen molar-refractivity contribution in [2.75, 3.05) is 6.54 Å². The molecule has 7 heteroatoms. The molecule has 0 heterocycles. The summed E-state index contributed by atoms with van der Waals surface area (Å²) in [5.41, 5.74) is 5.31. The van der Waals surface area contributed by atoms with Crippen LogP contribution in [0.3, 0.4) is 0 Å². The molecule has 2 rings (SSSR count). The second kappa shape index (κ2) is 6.72. The second-order valence-electron chi connectivity index (χ2n) is 5.11. The zero-order valence-electron chi connectivity index (χ0n) is 12.1. The van der Waals surface area contributed by atoms with E-state index in [9.17, 15) is 21.6 Å². The molecule has 0 spiro atoms. The molecule has 3 nitrogen and oxygen atoms in total. The zero-order chi connectivity index (χ0) is 17.1. The highest BCUT2D eigenvalue weighted by Gasteiger charge is 2.30. The van der Waals surface area contributed by atoms with Crippen molar-refractivity contribution in [1.82, 2.24) is 0 Å². The molecular weight excluding hydrogens is 327 g/mol. The van der Waals surface area contributed by atoms with Gasteiger partial charge in [0.05, 0.1) is 15.7 Å². The first kappa shape index (κ1) is 17.5. The summed E-state index contributed by atoms with van der Waals surface area (Å²) in [4.78, 5) is 0.155. The van der Waals surface area contributed by atoms with Crippen molar-refractivity contribution >= 4 is 9.84 Å². The first-order chi connectivity index (χ1) is 10.7. The number of alkyl halides is 3. The van der Waals surface area contributed by atoms with E-state index in [2.05, 4.69) is 0 Å². The minimum absolute atomic E-state index is 0.0614. The molecule has 0 bridgehead atoms. The Morgan fingerprint density at radius 2 is 1.52 bits per heavy atom. The Labute approximate surface area is 132 Å². The quantitative estimate of drug-likeness (QED) is 0.908. The van der Waals surface area contributed by atoms with Gasteiger partial charge in [0.25, 0.3) is 0 Å². The van der Waals surface area contributed by atoms with E-state index in [1.165, 1.54) is 24.3 Å². The number of sulfone groups is 1. The van der Waals surface area contributed by atoms with Gasteiger partial charge in [-0.15, -0.1) is 0 Å². The summed E-state index contributed by atoms with van der Waals surface area (Å²) in [6.07, 6.45) is -4.35. The molecule has 2 N–H and O–H groups in total. The van der Waals surface area contributed by atoms with Crippen LogP contribution in [0.5, 0.6) is 0 Å². The molecule has 0 aliphatic heterocycles. The molecular formula is C16H16F3NO2S. The molecule has 1 unspecified atom stereocenters. The summed E-state index contributed by atoms with van der Waals surface area (Å²) >= 11 is 0. The molecule has 0 radical (unpaired) electrons. The van der Waals surface area contributed by atoms with Crippen molar-refractivity contribution in [3.05, 3.63) is 65.7 Å². The molecule has 0 fully saturated rings. The maximum atomic E-state index is 12.5. The van der Waals surface area contributed by atoms with Gasteiger partial charge in [-0.3, -0.25) is 0 Å². The minimum atomic E-state index is -4.41. The highest BCUT2D eigenvalue weighted by atomic mass is 32.2. The van der Waals surface area contributed by atoms with Gasteiger partial charge < -0.3 is 5.73 Å². The van der Waals surface area contributed by atoms with Gasteiger partial charge in [-0.05, 0) is 36.2 Å². The highest BCUT2D eigenvalue weighted by molar-refractivity contribution is 7.92. The Balaban J connectivity index is 2.23. The number of hydrogen-bond donors (Lipinski definition) is 1. The first-order valence-electron chi connectivity index (χ1n) is 6.90. The Morgan fingerprint density at radius 1 is 0.957 bits per heavy atom. The third-order valence-corrected chi connectivity index (χ3v) is 5.68. The fourth-order valence-electron chi connectivity index (χ4n) is 2.22. The molecule has 0 aliphatic rings. The molecule has 0 amide bonds. The zero-order valence-corrected chi connectivity index (χ0v) is 12.9. The van der Waals surface area contributed by atoms with Crippen LogP contribution in [0.1, 0.15) is 11.1 Å². The van der Waals surface area contributed by atoms with Crippen LogP contribution in [0.4, 0.5) is 13.2 Å². The molecule has 1 atom stereocenters. The monoisotopic (exact) mass is 343 g/mol. The largest absolute Gasteiger partial charge is 0.416 e. The van der Waals surface area contributed by atoms with E-state index in [4.69, 9.17) is 5.73 Å². The number of nitrogens with two attached hydrogens (primary N) is 1. The summed E-state index contributed by atoms with van der Waals surface area (Å²) in [7, 11) is -3.64. The van der Waals surface area contributed by atoms with Crippen molar-refractivity contribution in [2.24, 2.45) is 5.73 Å². The van der Waals surface area contributed by atoms with Gasteiger partial charge in [0, 0.05) is 6.54 Å². The molecule has 0 aromatic heterocycles. The highest BCUT2D eigenvalue weighted by Crippen LogP contribution is 2.29. The van der Waals surface area contributed by atoms with Crippen molar-refractivity contribution in [1.29, 1.82) is 0 Å². The normalized spacial score (nSPS) is 13.7. The second-order valence-corrected chi connectivity index (χ2v) is 7.34. The SMILES string of the molecule is NCC(Cc1ccc(C(F)(F)F)cc1)S(=O)(=O)c1ccccc1. The predicted octanol–water partition coefficient (Wildman–Crippen LogP) is 3.05. The van der Waals surface area contributed by atoms with E-state index in [0.29, 0.717) is 5.56 Å². The lowest BCUT2D eigenvalue weighted by Gasteiger charge is -2.16. The molecule has 23 heavy (non-hydrogen) atoms. The summed E-state index contributed by atoms with van der Waals surface area (Å²) < 4.78 is 62.7. The van der Waals surface area contributed by atoms with E-state index in [1.54, 1.807) is 18.2 Å². The average Bonchev–Trinajstić information content (AvgIpc) is 2.53. The van der Waals surface area contributed by atoms with Crippen LogP contribution >= 0.6 is 0 Å². The van der Waals surface area contributed by atoms with Crippen LogP contribution in [0.15, 0.2) is 59.5 Å². The number of hydrogen-bond acceptors (Lipinski definition) is 3. The molecule has 0 saturated carbocycles. The van der Waals surface area contributed by atoms with Crippen LogP contribution in [0.2, 0.25) is 0 Å². The summed E-state index contributed by atoms with van der Waals surface area (Å²) in [6.45, 7) is -0.113. The smallest absolute Gasteiger partial charge is 0.329 e. The fraction of sp³-hybridized carbons (Fsp3) is 0.250. The van der Waals surface area contributed by atoms with E-state index in [0.717, 1.165) is 12.1 Å². The number of halogens is 3. The molecule has 0 saturated heterocycles. The molecule has 2 aromatic carbocycles. The van der Waals surface area contributed by atoms with Crippen LogP contribution in [-0.2, 0) is 22.4 Å². The third-order valence-electron chi connectivity index (χ3n) is 3.52. The van der Waals surface area contributed by atoms with Crippen molar-refractivity contribution in [2.45, 2.75) is 22.7 Å². The van der Waals surface area contributed by atoms with Crippen LogP contribution in [0, 0.1) is 0 Å². The van der Waals surface area contributed by atoms with E-state index < -0.39 is 26.8 Å². The number of rotatable bonds is 5. The fourth-order valence-corrected chi connectivity index (χ4v) is 3.80. The lowest BCUT2D eigenvalue weighted by atomic mass is 10.1. The van der Waals surface area contributed by atoms with Crippen molar-refractivity contribution in [3.8, 4) is 0 Å². The number of benzene rings is 2. The lowest BCUT2D eigenvalue weighted by Crippen LogP contribution is -2.32. The minimum Gasteiger partial charge on any atom is -0.329 e. The van der Waals surface area contributed by atoms with Crippen LogP contribution < -0.4 is 5.73 Å². The molecule has 0 aliphatic carbocycles. The Kier molecular flexibility index (Phi) is 5.11. The van der Waals surface area contributed by atoms with Gasteiger partial charge in [-0.2, -0.15) is 13.2 Å². The van der Waals surface area contributed by atoms with Gasteiger partial charge in [-0.1, -0.05) is 30.3 Å².